The van der Waals surface area contributed by atoms with Gasteiger partial charge in [0.05, 0.1) is 7.11 Å². The highest BCUT2D eigenvalue weighted by molar-refractivity contribution is 6.77. The lowest BCUT2D eigenvalue weighted by Crippen LogP contribution is -2.47. The minimum Gasteiger partial charge on any atom is -0.543 e. The van der Waals surface area contributed by atoms with Crippen LogP contribution in [0.1, 0.15) is 73.1 Å². The molecule has 0 unspecified atom stereocenters. The summed E-state index contributed by atoms with van der Waals surface area (Å²) in [7, 11) is -0.124. The molecule has 1 rings (SSSR count). The lowest BCUT2D eigenvalue weighted by molar-refractivity contribution is 0.413. The Morgan fingerprint density at radius 2 is 1.29 bits per heavy atom. The Morgan fingerprint density at radius 1 is 0.792 bits per heavy atom. The second-order valence-corrected chi connectivity index (χ2v) is 12.5. The zero-order chi connectivity index (χ0) is 18.0. The topological polar surface area (TPSA) is 18.5 Å². The Hall–Kier alpha value is -0.963. The van der Waals surface area contributed by atoms with Crippen LogP contribution in [0.25, 0.3) is 0 Å². The molecular formula is C21H38O2Si. The molecule has 138 valence electrons. The Kier molecular flexibility index (Phi) is 9.49. The molecule has 0 atom stereocenters. The zero-order valence-electron chi connectivity index (χ0n) is 16.7. The molecule has 1 aromatic carbocycles. The first-order chi connectivity index (χ1) is 11.5. The van der Waals surface area contributed by atoms with Gasteiger partial charge in [-0.3, -0.25) is 0 Å². The summed E-state index contributed by atoms with van der Waals surface area (Å²) in [6, 6.07) is 9.39. The van der Waals surface area contributed by atoms with Crippen molar-refractivity contribution in [3.63, 3.8) is 0 Å². The van der Waals surface area contributed by atoms with Gasteiger partial charge in [-0.15, -0.1) is 0 Å². The molecule has 2 nitrogen and oxygen atoms in total. The van der Waals surface area contributed by atoms with E-state index in [4.69, 9.17) is 9.16 Å². The van der Waals surface area contributed by atoms with Crippen LogP contribution in [0.15, 0.2) is 24.3 Å². The van der Waals surface area contributed by atoms with Crippen molar-refractivity contribution in [1.29, 1.82) is 0 Å². The Morgan fingerprint density at radius 3 is 1.79 bits per heavy atom. The Bertz CT molecular complexity index is 432. The predicted molar refractivity (Wildman–Crippen MR) is 108 cm³/mol. The van der Waals surface area contributed by atoms with Crippen molar-refractivity contribution in [2.45, 2.75) is 90.3 Å². The van der Waals surface area contributed by atoms with Crippen LogP contribution in [0.4, 0.5) is 0 Å². The van der Waals surface area contributed by atoms with Crippen molar-refractivity contribution in [3.05, 3.63) is 24.3 Å². The number of methoxy groups -OCH3 is 1. The van der Waals surface area contributed by atoms with Crippen molar-refractivity contribution in [2.24, 2.45) is 0 Å². The van der Waals surface area contributed by atoms with Crippen LogP contribution in [0.2, 0.25) is 17.1 Å². The van der Waals surface area contributed by atoms with Gasteiger partial charge in [0.1, 0.15) is 11.5 Å². The van der Waals surface area contributed by atoms with Crippen molar-refractivity contribution >= 4 is 8.32 Å². The third kappa shape index (κ3) is 6.16. The highest BCUT2D eigenvalue weighted by atomic mass is 28.4. The van der Waals surface area contributed by atoms with E-state index in [0.717, 1.165) is 11.5 Å². The Labute approximate surface area is 151 Å². The molecule has 0 radical (unpaired) electrons. The second kappa shape index (κ2) is 10.8. The summed E-state index contributed by atoms with van der Waals surface area (Å²) in [5.74, 6) is 1.90. The van der Waals surface area contributed by atoms with E-state index < -0.39 is 8.32 Å². The molecule has 0 aliphatic rings. The van der Waals surface area contributed by atoms with Gasteiger partial charge < -0.3 is 9.16 Å². The number of hydrogen-bond acceptors (Lipinski definition) is 2. The van der Waals surface area contributed by atoms with Crippen LogP contribution in [0.5, 0.6) is 11.5 Å². The van der Waals surface area contributed by atoms with Gasteiger partial charge in [-0.25, -0.2) is 0 Å². The monoisotopic (exact) mass is 350 g/mol. The van der Waals surface area contributed by atoms with E-state index in [0.29, 0.717) is 11.1 Å². The number of ether oxygens (including phenoxy) is 1. The van der Waals surface area contributed by atoms with Crippen molar-refractivity contribution in [3.8, 4) is 11.5 Å². The second-order valence-electron chi connectivity index (χ2n) is 7.56. The summed E-state index contributed by atoms with van der Waals surface area (Å²) >= 11 is 0. The van der Waals surface area contributed by atoms with E-state index in [1.165, 1.54) is 44.6 Å². The van der Waals surface area contributed by atoms with Crippen LogP contribution in [0, 0.1) is 0 Å². The molecule has 0 heterocycles. The van der Waals surface area contributed by atoms with Crippen molar-refractivity contribution in [1.82, 2.24) is 0 Å². The fourth-order valence-electron chi connectivity index (χ4n) is 3.58. The SMILES string of the molecule is CCCCCCCC[Si](Oc1ccc(OC)cc1)(C(C)C)C(C)C. The fourth-order valence-corrected chi connectivity index (χ4v) is 8.01. The van der Waals surface area contributed by atoms with Gasteiger partial charge in [0.2, 0.25) is 0 Å². The maximum atomic E-state index is 6.74. The summed E-state index contributed by atoms with van der Waals surface area (Å²) in [4.78, 5) is 0. The maximum Gasteiger partial charge on any atom is 0.256 e. The van der Waals surface area contributed by atoms with E-state index in [1.807, 2.05) is 12.1 Å². The largest absolute Gasteiger partial charge is 0.543 e. The van der Waals surface area contributed by atoms with E-state index >= 15 is 0 Å². The predicted octanol–water partition coefficient (Wildman–Crippen LogP) is 7.20. The molecule has 0 bridgehead atoms. The van der Waals surface area contributed by atoms with Gasteiger partial charge in [0.15, 0.2) is 0 Å². The highest BCUT2D eigenvalue weighted by Crippen LogP contribution is 2.39. The normalized spacial score (nSPS) is 12.0. The van der Waals surface area contributed by atoms with Crippen LogP contribution >= 0.6 is 0 Å². The van der Waals surface area contributed by atoms with Gasteiger partial charge in [0, 0.05) is 0 Å². The van der Waals surface area contributed by atoms with E-state index in [1.54, 1.807) is 7.11 Å². The lowest BCUT2D eigenvalue weighted by atomic mass is 10.1. The lowest BCUT2D eigenvalue weighted by Gasteiger charge is -2.39. The molecule has 0 saturated carbocycles. The highest BCUT2D eigenvalue weighted by Gasteiger charge is 2.43. The summed E-state index contributed by atoms with van der Waals surface area (Å²) in [5, 5.41) is 0. The van der Waals surface area contributed by atoms with Crippen molar-refractivity contribution in [2.75, 3.05) is 7.11 Å². The molecule has 0 aromatic heterocycles. The van der Waals surface area contributed by atoms with Gasteiger partial charge in [-0.05, 0) is 41.4 Å². The van der Waals surface area contributed by atoms with Crippen LogP contribution in [0.3, 0.4) is 0 Å². The number of hydrogen-bond donors (Lipinski definition) is 0. The van der Waals surface area contributed by atoms with Crippen LogP contribution in [-0.2, 0) is 0 Å². The molecule has 3 heteroatoms. The molecule has 24 heavy (non-hydrogen) atoms. The molecule has 0 fully saturated rings. The molecule has 0 aliphatic carbocycles. The molecule has 0 spiro atoms. The first-order valence-corrected chi connectivity index (χ1v) is 12.1. The van der Waals surface area contributed by atoms with Gasteiger partial charge in [-0.2, -0.15) is 0 Å². The van der Waals surface area contributed by atoms with Crippen LogP contribution < -0.4 is 9.16 Å². The van der Waals surface area contributed by atoms with E-state index in [2.05, 4.69) is 46.8 Å². The number of benzene rings is 1. The van der Waals surface area contributed by atoms with E-state index in [-0.39, 0.29) is 0 Å². The molecule has 0 aliphatic heterocycles. The third-order valence-electron chi connectivity index (χ3n) is 5.24. The first kappa shape index (κ1) is 21.1. The number of unbranched alkanes of at least 4 members (excludes halogenated alkanes) is 5. The fraction of sp³-hybridized carbons (Fsp3) is 0.714. The Balaban J connectivity index is 2.73. The standard InChI is InChI=1S/C21H38O2Si/c1-7-8-9-10-11-12-17-24(18(2)3,19(4)5)23-21-15-13-20(22-6)14-16-21/h13-16,18-19H,7-12,17H2,1-6H3. The minimum absolute atomic E-state index is 0.621. The molecular weight excluding hydrogens is 312 g/mol. The molecule has 0 N–H and O–H groups in total. The average Bonchev–Trinajstić information content (AvgIpc) is 2.57. The number of rotatable bonds is 12. The minimum atomic E-state index is -1.83. The van der Waals surface area contributed by atoms with E-state index in [9.17, 15) is 0 Å². The van der Waals surface area contributed by atoms with Crippen LogP contribution in [-0.4, -0.2) is 15.4 Å². The average molecular weight is 351 g/mol. The van der Waals surface area contributed by atoms with Gasteiger partial charge >= 0.3 is 0 Å². The van der Waals surface area contributed by atoms with Gasteiger partial charge in [0.25, 0.3) is 8.32 Å². The summed E-state index contributed by atoms with van der Waals surface area (Å²) in [6.45, 7) is 11.7. The molecule has 0 saturated heterocycles. The summed E-state index contributed by atoms with van der Waals surface area (Å²) in [5.41, 5.74) is 1.24. The maximum absolute atomic E-state index is 6.74. The van der Waals surface area contributed by atoms with Crippen molar-refractivity contribution < 1.29 is 9.16 Å². The quantitative estimate of drug-likeness (QED) is 0.293. The smallest absolute Gasteiger partial charge is 0.256 e. The first-order valence-electron chi connectivity index (χ1n) is 9.79. The van der Waals surface area contributed by atoms with Gasteiger partial charge in [-0.1, -0.05) is 73.1 Å². The third-order valence-corrected chi connectivity index (χ3v) is 10.9. The summed E-state index contributed by atoms with van der Waals surface area (Å²) in [6.07, 6.45) is 8.10. The molecule has 0 amide bonds. The molecule has 1 aromatic rings. The zero-order valence-corrected chi connectivity index (χ0v) is 17.7. The summed E-state index contributed by atoms with van der Waals surface area (Å²) < 4.78 is 12.0.